The minimum absolute atomic E-state index is 0.153. The fourth-order valence-corrected chi connectivity index (χ4v) is 2.40. The Morgan fingerprint density at radius 2 is 1.78 bits per heavy atom. The molecule has 0 bridgehead atoms. The molecule has 0 saturated carbocycles. The minimum atomic E-state index is -0.311. The Labute approximate surface area is 140 Å². The van der Waals surface area contributed by atoms with Gasteiger partial charge in [-0.05, 0) is 30.9 Å². The zero-order valence-electron chi connectivity index (χ0n) is 15.0. The molecule has 0 aliphatic heterocycles. The van der Waals surface area contributed by atoms with Gasteiger partial charge in [-0.1, -0.05) is 40.5 Å². The lowest BCUT2D eigenvalue weighted by Crippen LogP contribution is -2.25. The van der Waals surface area contributed by atoms with E-state index >= 15 is 0 Å². The smallest absolute Gasteiger partial charge is 0.292 e. The average molecular weight is 321 g/mol. The number of nitrogens with one attached hydrogen (secondary N) is 1. The van der Waals surface area contributed by atoms with Gasteiger partial charge in [0, 0.05) is 31.4 Å². The van der Waals surface area contributed by atoms with E-state index in [2.05, 4.69) is 37.9 Å². The number of rotatable bonds is 11. The molecule has 0 radical (unpaired) electrons. The molecule has 1 aromatic carbocycles. The summed E-state index contributed by atoms with van der Waals surface area (Å²) >= 11 is 0. The van der Waals surface area contributed by atoms with Crippen LogP contribution in [-0.2, 0) is 0 Å². The summed E-state index contributed by atoms with van der Waals surface area (Å²) in [5.74, 6) is 0.439. The van der Waals surface area contributed by atoms with E-state index in [1.165, 1.54) is 0 Å². The van der Waals surface area contributed by atoms with Gasteiger partial charge in [-0.3, -0.25) is 10.1 Å². The lowest BCUT2D eigenvalue weighted by Gasteiger charge is -2.25. The van der Waals surface area contributed by atoms with Crippen molar-refractivity contribution in [3.8, 4) is 0 Å². The van der Waals surface area contributed by atoms with Crippen molar-refractivity contribution in [3.05, 3.63) is 28.3 Å². The van der Waals surface area contributed by atoms with E-state index in [0.29, 0.717) is 11.6 Å². The third-order valence-corrected chi connectivity index (χ3v) is 3.81. The highest BCUT2D eigenvalue weighted by Crippen LogP contribution is 2.30. The summed E-state index contributed by atoms with van der Waals surface area (Å²) in [5, 5.41) is 14.5. The van der Waals surface area contributed by atoms with Crippen molar-refractivity contribution in [2.24, 2.45) is 5.92 Å². The monoisotopic (exact) mass is 321 g/mol. The van der Waals surface area contributed by atoms with Crippen LogP contribution in [0.1, 0.15) is 53.4 Å². The molecule has 0 spiro atoms. The van der Waals surface area contributed by atoms with Crippen molar-refractivity contribution in [1.82, 2.24) is 0 Å². The Morgan fingerprint density at radius 1 is 1.17 bits per heavy atom. The lowest BCUT2D eigenvalue weighted by molar-refractivity contribution is -0.383. The highest BCUT2D eigenvalue weighted by Gasteiger charge is 2.16. The zero-order valence-corrected chi connectivity index (χ0v) is 15.0. The fraction of sp³-hybridized carbons (Fsp3) is 0.667. The van der Waals surface area contributed by atoms with Crippen LogP contribution in [0.2, 0.25) is 0 Å². The summed E-state index contributed by atoms with van der Waals surface area (Å²) in [6, 6.07) is 5.44. The topological polar surface area (TPSA) is 58.4 Å². The summed E-state index contributed by atoms with van der Waals surface area (Å²) in [5.41, 5.74) is 1.85. The van der Waals surface area contributed by atoms with Crippen LogP contribution in [0.3, 0.4) is 0 Å². The maximum Gasteiger partial charge on any atom is 0.292 e. The first-order valence-electron chi connectivity index (χ1n) is 8.76. The molecular formula is C18H31N3O2. The van der Waals surface area contributed by atoms with Gasteiger partial charge in [-0.25, -0.2) is 0 Å². The molecule has 23 heavy (non-hydrogen) atoms. The number of nitrogens with zero attached hydrogens (tertiary/aromatic N) is 2. The van der Waals surface area contributed by atoms with Gasteiger partial charge in [0.25, 0.3) is 5.69 Å². The Hall–Kier alpha value is -1.78. The molecular weight excluding hydrogens is 290 g/mol. The second-order valence-corrected chi connectivity index (χ2v) is 6.43. The summed E-state index contributed by atoms with van der Waals surface area (Å²) in [7, 11) is 0. The molecule has 1 N–H and O–H groups in total. The molecule has 0 saturated heterocycles. The van der Waals surface area contributed by atoms with Crippen molar-refractivity contribution < 1.29 is 4.92 Å². The third kappa shape index (κ3) is 6.47. The fourth-order valence-electron chi connectivity index (χ4n) is 2.40. The third-order valence-electron chi connectivity index (χ3n) is 3.81. The van der Waals surface area contributed by atoms with E-state index in [9.17, 15) is 10.1 Å². The van der Waals surface area contributed by atoms with Gasteiger partial charge in [0.15, 0.2) is 0 Å². The number of nitro benzene ring substituents is 1. The van der Waals surface area contributed by atoms with E-state index in [-0.39, 0.29) is 10.6 Å². The van der Waals surface area contributed by atoms with E-state index in [0.717, 1.165) is 51.0 Å². The predicted octanol–water partition coefficient (Wildman–Crippen LogP) is 5.07. The zero-order chi connectivity index (χ0) is 17.2. The average Bonchev–Trinajstić information content (AvgIpc) is 2.52. The summed E-state index contributed by atoms with van der Waals surface area (Å²) in [6.45, 7) is 11.3. The van der Waals surface area contributed by atoms with Crippen LogP contribution in [-0.4, -0.2) is 24.6 Å². The van der Waals surface area contributed by atoms with Crippen molar-refractivity contribution in [2.45, 2.75) is 53.4 Å². The van der Waals surface area contributed by atoms with Crippen molar-refractivity contribution in [3.63, 3.8) is 0 Å². The highest BCUT2D eigenvalue weighted by atomic mass is 16.6. The number of unbranched alkanes of at least 4 members (excludes halogenated alkanes) is 2. The molecule has 0 aromatic heterocycles. The van der Waals surface area contributed by atoms with E-state index in [1.54, 1.807) is 6.07 Å². The Balaban J connectivity index is 3.02. The predicted molar refractivity (Wildman–Crippen MR) is 98.5 cm³/mol. The molecule has 0 aliphatic carbocycles. The van der Waals surface area contributed by atoms with Gasteiger partial charge < -0.3 is 10.2 Å². The highest BCUT2D eigenvalue weighted by molar-refractivity contribution is 5.69. The maximum absolute atomic E-state index is 11.2. The van der Waals surface area contributed by atoms with Crippen LogP contribution in [0, 0.1) is 16.0 Å². The van der Waals surface area contributed by atoms with Gasteiger partial charge in [0.1, 0.15) is 5.69 Å². The second-order valence-electron chi connectivity index (χ2n) is 6.43. The molecule has 0 aliphatic rings. The molecule has 0 fully saturated rings. The van der Waals surface area contributed by atoms with Crippen LogP contribution < -0.4 is 10.2 Å². The first-order valence-corrected chi connectivity index (χ1v) is 8.76. The molecule has 0 unspecified atom stereocenters. The molecule has 0 heterocycles. The molecule has 5 heteroatoms. The lowest BCUT2D eigenvalue weighted by atomic mass is 10.1. The number of hydrogen-bond acceptors (Lipinski definition) is 4. The minimum Gasteiger partial charge on any atom is -0.379 e. The van der Waals surface area contributed by atoms with Crippen LogP contribution >= 0.6 is 0 Å². The Kier molecular flexibility index (Phi) is 8.45. The first kappa shape index (κ1) is 19.3. The summed E-state index contributed by atoms with van der Waals surface area (Å²) in [4.78, 5) is 13.3. The van der Waals surface area contributed by atoms with Gasteiger partial charge in [-0.15, -0.1) is 0 Å². The van der Waals surface area contributed by atoms with Gasteiger partial charge in [0.05, 0.1) is 4.92 Å². The van der Waals surface area contributed by atoms with Gasteiger partial charge in [-0.2, -0.15) is 0 Å². The number of nitro groups is 1. The quantitative estimate of drug-likeness (QED) is 0.456. The maximum atomic E-state index is 11.2. The summed E-state index contributed by atoms with van der Waals surface area (Å²) in [6.07, 6.45) is 4.56. The molecule has 130 valence electrons. The van der Waals surface area contributed by atoms with Crippen LogP contribution in [0.25, 0.3) is 0 Å². The number of hydrogen-bond donors (Lipinski definition) is 1. The normalized spacial score (nSPS) is 10.8. The molecule has 0 amide bonds. The summed E-state index contributed by atoms with van der Waals surface area (Å²) < 4.78 is 0. The van der Waals surface area contributed by atoms with Gasteiger partial charge in [0.2, 0.25) is 0 Å². The number of anilines is 2. The van der Waals surface area contributed by atoms with Gasteiger partial charge >= 0.3 is 0 Å². The molecule has 1 aromatic rings. The van der Waals surface area contributed by atoms with Crippen LogP contribution in [0.15, 0.2) is 18.2 Å². The van der Waals surface area contributed by atoms with Crippen LogP contribution in [0.5, 0.6) is 0 Å². The van der Waals surface area contributed by atoms with E-state index in [4.69, 9.17) is 0 Å². The number of benzene rings is 1. The second kappa shape index (κ2) is 10.1. The Bertz CT molecular complexity index is 481. The molecule has 5 nitrogen and oxygen atoms in total. The van der Waals surface area contributed by atoms with Crippen molar-refractivity contribution >= 4 is 17.1 Å². The van der Waals surface area contributed by atoms with E-state index < -0.39 is 0 Å². The molecule has 1 rings (SSSR count). The Morgan fingerprint density at radius 3 is 2.26 bits per heavy atom. The van der Waals surface area contributed by atoms with E-state index in [1.807, 2.05) is 12.1 Å². The van der Waals surface area contributed by atoms with Crippen LogP contribution in [0.4, 0.5) is 17.1 Å². The van der Waals surface area contributed by atoms with Crippen molar-refractivity contribution in [2.75, 3.05) is 29.9 Å². The largest absolute Gasteiger partial charge is 0.379 e. The van der Waals surface area contributed by atoms with Crippen molar-refractivity contribution in [1.29, 1.82) is 0 Å². The molecule has 0 atom stereocenters. The standard InChI is InChI=1S/C18H31N3O2/c1-5-7-11-20(12-8-6-2)16-9-10-18(21(22)23)17(13-16)19-14-15(3)4/h9-10,13,15,19H,5-8,11-12,14H2,1-4H3. The first-order chi connectivity index (χ1) is 11.0. The SMILES string of the molecule is CCCCN(CCCC)c1ccc([N+](=O)[O-])c(NCC(C)C)c1.